The zero-order chi connectivity index (χ0) is 9.97. The number of aryl methyl sites for hydroxylation is 1. The average molecular weight is 210 g/mol. The minimum atomic E-state index is 0.595. The average Bonchev–Trinajstić information content (AvgIpc) is 2.65. The van der Waals surface area contributed by atoms with Crippen LogP contribution in [0, 0.1) is 6.92 Å². The summed E-state index contributed by atoms with van der Waals surface area (Å²) in [5, 5.41) is 5.59. The highest BCUT2D eigenvalue weighted by Gasteiger charge is 2.19. The summed E-state index contributed by atoms with van der Waals surface area (Å²) in [4.78, 5) is 4.10. The lowest BCUT2D eigenvalue weighted by Crippen LogP contribution is -2.44. The molecule has 2 heterocycles. The molecule has 1 saturated heterocycles. The molecule has 1 aliphatic rings. The zero-order valence-corrected chi connectivity index (χ0v) is 9.73. The molecule has 1 N–H and O–H groups in total. The van der Waals surface area contributed by atoms with E-state index in [-0.39, 0.29) is 0 Å². The molecule has 0 aliphatic carbocycles. The van der Waals surface area contributed by atoms with Crippen molar-refractivity contribution >= 4 is 11.3 Å². The van der Waals surface area contributed by atoms with E-state index in [0.29, 0.717) is 6.04 Å². The maximum atomic E-state index is 3.39. The Labute approximate surface area is 89.9 Å². The smallest absolute Gasteiger partial charge is 0.0417 e. The summed E-state index contributed by atoms with van der Waals surface area (Å²) in [6.07, 6.45) is 0. The van der Waals surface area contributed by atoms with Crippen molar-refractivity contribution in [2.75, 3.05) is 26.2 Å². The van der Waals surface area contributed by atoms with Crippen LogP contribution in [0.2, 0.25) is 0 Å². The van der Waals surface area contributed by atoms with E-state index in [1.165, 1.54) is 23.5 Å². The number of hydrogen-bond acceptors (Lipinski definition) is 3. The molecule has 14 heavy (non-hydrogen) atoms. The van der Waals surface area contributed by atoms with E-state index in [4.69, 9.17) is 0 Å². The van der Waals surface area contributed by atoms with Crippen LogP contribution in [0.4, 0.5) is 0 Å². The second-order valence-electron chi connectivity index (χ2n) is 3.93. The van der Waals surface area contributed by atoms with Gasteiger partial charge in [-0.05, 0) is 30.9 Å². The Morgan fingerprint density at radius 3 is 2.71 bits per heavy atom. The molecule has 0 saturated carbocycles. The van der Waals surface area contributed by atoms with E-state index < -0.39 is 0 Å². The molecular formula is C11H18N2S. The van der Waals surface area contributed by atoms with Crippen LogP contribution < -0.4 is 5.32 Å². The summed E-state index contributed by atoms with van der Waals surface area (Å²) < 4.78 is 0. The monoisotopic (exact) mass is 210 g/mol. The predicted molar refractivity (Wildman–Crippen MR) is 61.9 cm³/mol. The summed E-state index contributed by atoms with van der Waals surface area (Å²) in [5.74, 6) is 0. The summed E-state index contributed by atoms with van der Waals surface area (Å²) in [6, 6.07) is 2.82. The minimum Gasteiger partial charge on any atom is -0.314 e. The first-order valence-electron chi connectivity index (χ1n) is 5.28. The fourth-order valence-electron chi connectivity index (χ4n) is 2.05. The van der Waals surface area contributed by atoms with Gasteiger partial charge >= 0.3 is 0 Å². The minimum absolute atomic E-state index is 0.595. The maximum absolute atomic E-state index is 3.39. The first kappa shape index (κ1) is 10.1. The molecule has 0 spiro atoms. The van der Waals surface area contributed by atoms with Crippen molar-refractivity contribution in [3.8, 4) is 0 Å². The van der Waals surface area contributed by atoms with Crippen LogP contribution in [-0.4, -0.2) is 31.1 Å². The van der Waals surface area contributed by atoms with E-state index >= 15 is 0 Å². The van der Waals surface area contributed by atoms with Gasteiger partial charge in [-0.15, -0.1) is 11.3 Å². The van der Waals surface area contributed by atoms with Gasteiger partial charge in [-0.25, -0.2) is 0 Å². The normalized spacial score (nSPS) is 21.0. The summed E-state index contributed by atoms with van der Waals surface area (Å²) in [7, 11) is 0. The fraction of sp³-hybridized carbons (Fsp3) is 0.636. The van der Waals surface area contributed by atoms with Crippen LogP contribution in [0.5, 0.6) is 0 Å². The van der Waals surface area contributed by atoms with Crippen LogP contribution in [0.25, 0.3) is 0 Å². The molecular weight excluding hydrogens is 192 g/mol. The fourth-order valence-corrected chi connectivity index (χ4v) is 3.07. The molecule has 1 aromatic heterocycles. The Morgan fingerprint density at radius 2 is 2.14 bits per heavy atom. The van der Waals surface area contributed by atoms with Gasteiger partial charge in [-0.3, -0.25) is 4.90 Å². The molecule has 2 rings (SSSR count). The summed E-state index contributed by atoms with van der Waals surface area (Å²) in [6.45, 7) is 9.16. The quantitative estimate of drug-likeness (QED) is 0.803. The van der Waals surface area contributed by atoms with Crippen LogP contribution in [0.15, 0.2) is 11.4 Å². The highest BCUT2D eigenvalue weighted by Crippen LogP contribution is 2.28. The van der Waals surface area contributed by atoms with Crippen molar-refractivity contribution in [2.24, 2.45) is 0 Å². The van der Waals surface area contributed by atoms with Gasteiger partial charge in [0.05, 0.1) is 0 Å². The first-order valence-corrected chi connectivity index (χ1v) is 6.16. The Kier molecular flexibility index (Phi) is 3.21. The van der Waals surface area contributed by atoms with Gasteiger partial charge in [0.25, 0.3) is 0 Å². The van der Waals surface area contributed by atoms with Crippen LogP contribution in [0.3, 0.4) is 0 Å². The molecule has 0 unspecified atom stereocenters. The molecule has 0 bridgehead atoms. The van der Waals surface area contributed by atoms with Gasteiger partial charge in [-0.1, -0.05) is 0 Å². The molecule has 78 valence electrons. The largest absolute Gasteiger partial charge is 0.314 e. The lowest BCUT2D eigenvalue weighted by molar-refractivity contribution is 0.187. The Hall–Kier alpha value is -0.380. The van der Waals surface area contributed by atoms with Crippen molar-refractivity contribution in [3.63, 3.8) is 0 Å². The standard InChI is InChI=1S/C11H18N2S/c1-9-3-8-14-11(9)10(2)13-6-4-12-5-7-13/h3,8,10,12H,4-7H2,1-2H3/t10-/m0/s1. The molecule has 2 nitrogen and oxygen atoms in total. The van der Waals surface area contributed by atoms with Gasteiger partial charge in [0, 0.05) is 37.1 Å². The van der Waals surface area contributed by atoms with Gasteiger partial charge in [-0.2, -0.15) is 0 Å². The first-order chi connectivity index (χ1) is 6.79. The van der Waals surface area contributed by atoms with Gasteiger partial charge in [0.2, 0.25) is 0 Å². The lowest BCUT2D eigenvalue weighted by Gasteiger charge is -2.32. The SMILES string of the molecule is Cc1ccsc1[C@H](C)N1CCNCC1. The van der Waals surface area contributed by atoms with Crippen molar-refractivity contribution < 1.29 is 0 Å². The second kappa shape index (κ2) is 4.43. The van der Waals surface area contributed by atoms with E-state index in [9.17, 15) is 0 Å². The van der Waals surface area contributed by atoms with E-state index in [1.807, 2.05) is 11.3 Å². The molecule has 0 aromatic carbocycles. The molecule has 0 radical (unpaired) electrons. The predicted octanol–water partition coefficient (Wildman–Crippen LogP) is 2.02. The van der Waals surface area contributed by atoms with E-state index in [2.05, 4.69) is 35.5 Å². The van der Waals surface area contributed by atoms with Gasteiger partial charge in [0.1, 0.15) is 0 Å². The Balaban J connectivity index is 2.07. The topological polar surface area (TPSA) is 15.3 Å². The number of piperazine rings is 1. The van der Waals surface area contributed by atoms with E-state index in [1.54, 1.807) is 0 Å². The highest BCUT2D eigenvalue weighted by atomic mass is 32.1. The molecule has 1 fully saturated rings. The lowest BCUT2D eigenvalue weighted by atomic mass is 10.1. The molecule has 1 atom stereocenters. The van der Waals surface area contributed by atoms with Crippen LogP contribution >= 0.6 is 11.3 Å². The van der Waals surface area contributed by atoms with Gasteiger partial charge in [0.15, 0.2) is 0 Å². The maximum Gasteiger partial charge on any atom is 0.0417 e. The van der Waals surface area contributed by atoms with Crippen LogP contribution in [-0.2, 0) is 0 Å². The third-order valence-corrected chi connectivity index (χ3v) is 4.17. The Bertz CT molecular complexity index is 289. The Morgan fingerprint density at radius 1 is 1.43 bits per heavy atom. The van der Waals surface area contributed by atoms with E-state index in [0.717, 1.165) is 13.1 Å². The van der Waals surface area contributed by atoms with Crippen molar-refractivity contribution in [1.82, 2.24) is 10.2 Å². The zero-order valence-electron chi connectivity index (χ0n) is 8.92. The highest BCUT2D eigenvalue weighted by molar-refractivity contribution is 7.10. The van der Waals surface area contributed by atoms with Crippen molar-refractivity contribution in [3.05, 3.63) is 21.9 Å². The third kappa shape index (κ3) is 2.00. The van der Waals surface area contributed by atoms with Crippen molar-refractivity contribution in [1.29, 1.82) is 0 Å². The third-order valence-electron chi connectivity index (χ3n) is 2.98. The van der Waals surface area contributed by atoms with Crippen LogP contribution in [0.1, 0.15) is 23.4 Å². The van der Waals surface area contributed by atoms with Crippen molar-refractivity contribution in [2.45, 2.75) is 19.9 Å². The molecule has 1 aliphatic heterocycles. The molecule has 1 aromatic rings. The second-order valence-corrected chi connectivity index (χ2v) is 4.88. The number of thiophene rings is 1. The molecule has 3 heteroatoms. The van der Waals surface area contributed by atoms with Gasteiger partial charge < -0.3 is 5.32 Å². The number of nitrogens with zero attached hydrogens (tertiary/aromatic N) is 1. The molecule has 0 amide bonds. The summed E-state index contributed by atoms with van der Waals surface area (Å²) in [5.41, 5.74) is 1.45. The number of hydrogen-bond donors (Lipinski definition) is 1. The summed E-state index contributed by atoms with van der Waals surface area (Å²) >= 11 is 1.89. The number of rotatable bonds is 2. The number of nitrogens with one attached hydrogen (secondary N) is 1.